The second kappa shape index (κ2) is 9.33. The summed E-state index contributed by atoms with van der Waals surface area (Å²) in [6.45, 7) is 5.62. The van der Waals surface area contributed by atoms with Gasteiger partial charge in [-0.25, -0.2) is 8.42 Å². The van der Waals surface area contributed by atoms with Gasteiger partial charge < -0.3 is 16.4 Å². The zero-order valence-electron chi connectivity index (χ0n) is 18.5. The van der Waals surface area contributed by atoms with E-state index in [-0.39, 0.29) is 16.3 Å². The van der Waals surface area contributed by atoms with E-state index in [4.69, 9.17) is 5.73 Å². The Morgan fingerprint density at radius 2 is 1.48 bits per heavy atom. The van der Waals surface area contributed by atoms with E-state index in [1.165, 1.54) is 30.3 Å². The first-order chi connectivity index (χ1) is 15.4. The third kappa shape index (κ3) is 6.33. The van der Waals surface area contributed by atoms with Crippen molar-refractivity contribution in [2.75, 3.05) is 15.8 Å². The predicted octanol–water partition coefficient (Wildman–Crippen LogP) is 3.85. The Balaban J connectivity index is 1.74. The highest BCUT2D eigenvalue weighted by atomic mass is 32.2. The number of anilines is 3. The van der Waals surface area contributed by atoms with Gasteiger partial charge in [-0.05, 0) is 75.4 Å². The highest BCUT2D eigenvalue weighted by molar-refractivity contribution is 7.92. The van der Waals surface area contributed by atoms with Crippen molar-refractivity contribution in [1.82, 2.24) is 5.32 Å². The van der Waals surface area contributed by atoms with Crippen molar-refractivity contribution in [2.45, 2.75) is 31.2 Å². The van der Waals surface area contributed by atoms with Crippen LogP contribution in [0.3, 0.4) is 0 Å². The molecule has 0 aromatic heterocycles. The van der Waals surface area contributed by atoms with Crippen molar-refractivity contribution in [1.29, 1.82) is 0 Å². The summed E-state index contributed by atoms with van der Waals surface area (Å²) in [4.78, 5) is 24.7. The lowest BCUT2D eigenvalue weighted by molar-refractivity contribution is 0.0919. The molecule has 0 atom stereocenters. The minimum absolute atomic E-state index is 0.0316. The number of carbonyl (C=O) groups excluding carboxylic acids is 2. The number of hydrogen-bond donors (Lipinski definition) is 4. The Labute approximate surface area is 193 Å². The molecule has 0 aliphatic carbocycles. The number of rotatable bonds is 6. The summed E-state index contributed by atoms with van der Waals surface area (Å²) < 4.78 is 28.2. The average molecular weight is 467 g/mol. The highest BCUT2D eigenvalue weighted by Gasteiger charge is 2.18. The molecule has 0 aliphatic heterocycles. The van der Waals surface area contributed by atoms with Crippen LogP contribution in [0.1, 0.15) is 41.5 Å². The van der Waals surface area contributed by atoms with Crippen molar-refractivity contribution in [3.05, 3.63) is 83.9 Å². The minimum atomic E-state index is -3.93. The molecule has 0 unspecified atom stereocenters. The van der Waals surface area contributed by atoms with Gasteiger partial charge >= 0.3 is 0 Å². The Kier molecular flexibility index (Phi) is 6.73. The zero-order valence-corrected chi connectivity index (χ0v) is 19.4. The second-order valence-electron chi connectivity index (χ2n) is 8.46. The van der Waals surface area contributed by atoms with Crippen molar-refractivity contribution >= 4 is 38.9 Å². The smallest absolute Gasteiger partial charge is 0.261 e. The fourth-order valence-corrected chi connectivity index (χ4v) is 4.06. The van der Waals surface area contributed by atoms with Crippen LogP contribution in [0.15, 0.2) is 77.7 Å². The van der Waals surface area contributed by atoms with Gasteiger partial charge in [-0.1, -0.05) is 18.2 Å². The van der Waals surface area contributed by atoms with E-state index in [0.717, 1.165) is 0 Å². The Bertz CT molecular complexity index is 1280. The zero-order chi connectivity index (χ0) is 24.2. The van der Waals surface area contributed by atoms with Gasteiger partial charge in [0.05, 0.1) is 10.5 Å². The van der Waals surface area contributed by atoms with Crippen LogP contribution in [0.25, 0.3) is 0 Å². The molecule has 172 valence electrons. The molecule has 0 saturated carbocycles. The van der Waals surface area contributed by atoms with Gasteiger partial charge in [0.2, 0.25) is 0 Å². The third-order valence-corrected chi connectivity index (χ3v) is 5.87. The monoisotopic (exact) mass is 466 g/mol. The summed E-state index contributed by atoms with van der Waals surface area (Å²) in [5.74, 6) is -0.695. The SMILES string of the molecule is CC(C)(C)NC(=O)c1ccc(NS(=O)(=O)c2cccc(NC(=O)c3ccccc3N)c2)cc1. The minimum Gasteiger partial charge on any atom is -0.398 e. The van der Waals surface area contributed by atoms with Crippen LogP contribution in [-0.4, -0.2) is 25.8 Å². The van der Waals surface area contributed by atoms with Crippen LogP contribution in [0, 0.1) is 0 Å². The molecule has 0 saturated heterocycles. The maximum atomic E-state index is 12.8. The largest absolute Gasteiger partial charge is 0.398 e. The molecule has 0 aliphatic rings. The second-order valence-corrected chi connectivity index (χ2v) is 10.1. The van der Waals surface area contributed by atoms with Gasteiger partial charge in [-0.3, -0.25) is 14.3 Å². The van der Waals surface area contributed by atoms with E-state index in [1.807, 2.05) is 20.8 Å². The van der Waals surface area contributed by atoms with E-state index >= 15 is 0 Å². The van der Waals surface area contributed by atoms with Crippen LogP contribution in [0.2, 0.25) is 0 Å². The topological polar surface area (TPSA) is 130 Å². The lowest BCUT2D eigenvalue weighted by atomic mass is 10.1. The first-order valence-corrected chi connectivity index (χ1v) is 11.6. The summed E-state index contributed by atoms with van der Waals surface area (Å²) in [5, 5.41) is 5.50. The lowest BCUT2D eigenvalue weighted by Gasteiger charge is -2.20. The molecule has 3 aromatic carbocycles. The normalized spacial score (nSPS) is 11.5. The van der Waals surface area contributed by atoms with Gasteiger partial charge in [0.25, 0.3) is 21.8 Å². The number of benzene rings is 3. The Morgan fingerprint density at radius 3 is 2.12 bits per heavy atom. The van der Waals surface area contributed by atoms with Crippen LogP contribution in [0.4, 0.5) is 17.1 Å². The van der Waals surface area contributed by atoms with Crippen molar-refractivity contribution in [3.63, 3.8) is 0 Å². The molecular weight excluding hydrogens is 440 g/mol. The van der Waals surface area contributed by atoms with Crippen LogP contribution in [0.5, 0.6) is 0 Å². The first kappa shape index (κ1) is 23.8. The molecule has 3 rings (SSSR count). The highest BCUT2D eigenvalue weighted by Crippen LogP contribution is 2.21. The van der Waals surface area contributed by atoms with E-state index < -0.39 is 15.9 Å². The van der Waals surface area contributed by atoms with Crippen LogP contribution >= 0.6 is 0 Å². The maximum Gasteiger partial charge on any atom is 0.261 e. The van der Waals surface area contributed by atoms with Crippen LogP contribution in [-0.2, 0) is 10.0 Å². The summed E-state index contributed by atoms with van der Waals surface area (Å²) in [5.41, 5.74) is 7.07. The number of para-hydroxylation sites is 1. The number of nitrogens with two attached hydrogens (primary N) is 1. The van der Waals surface area contributed by atoms with Crippen molar-refractivity contribution < 1.29 is 18.0 Å². The summed E-state index contributed by atoms with van der Waals surface area (Å²) in [7, 11) is -3.93. The number of nitrogens with one attached hydrogen (secondary N) is 3. The number of sulfonamides is 1. The van der Waals surface area contributed by atoms with Crippen molar-refractivity contribution in [2.24, 2.45) is 0 Å². The molecule has 0 bridgehead atoms. The third-order valence-electron chi connectivity index (χ3n) is 4.50. The quantitative estimate of drug-likeness (QED) is 0.410. The standard InChI is InChI=1S/C24H26N4O4S/c1-24(2,3)27-22(29)16-11-13-17(14-12-16)28-33(31,32)19-8-6-7-18(15-19)26-23(30)20-9-4-5-10-21(20)25/h4-15,28H,25H2,1-3H3,(H,26,30)(H,27,29). The Morgan fingerprint density at radius 1 is 0.818 bits per heavy atom. The predicted molar refractivity (Wildman–Crippen MR) is 130 cm³/mol. The molecular formula is C24H26N4O4S. The summed E-state index contributed by atoms with van der Waals surface area (Å²) >= 11 is 0. The van der Waals surface area contributed by atoms with Crippen molar-refractivity contribution in [3.8, 4) is 0 Å². The number of hydrogen-bond acceptors (Lipinski definition) is 5. The van der Waals surface area contributed by atoms with E-state index in [9.17, 15) is 18.0 Å². The molecule has 5 N–H and O–H groups in total. The van der Waals surface area contributed by atoms with Gasteiger partial charge in [0, 0.05) is 28.2 Å². The molecule has 2 amide bonds. The fourth-order valence-electron chi connectivity index (χ4n) is 2.96. The van der Waals surface area contributed by atoms with E-state index in [2.05, 4.69) is 15.4 Å². The molecule has 0 heterocycles. The van der Waals surface area contributed by atoms with Gasteiger partial charge in [-0.15, -0.1) is 0 Å². The molecule has 0 radical (unpaired) electrons. The maximum absolute atomic E-state index is 12.8. The number of nitrogen functional groups attached to an aromatic ring is 1. The molecule has 33 heavy (non-hydrogen) atoms. The summed E-state index contributed by atoms with van der Waals surface area (Å²) in [6.07, 6.45) is 0. The molecule has 8 nitrogen and oxygen atoms in total. The molecule has 0 fully saturated rings. The summed E-state index contributed by atoms with van der Waals surface area (Å²) in [6, 6.07) is 18.6. The molecule has 9 heteroatoms. The van der Waals surface area contributed by atoms with Crippen LogP contribution < -0.4 is 21.1 Å². The fraction of sp³-hybridized carbons (Fsp3) is 0.167. The Hall–Kier alpha value is -3.85. The van der Waals surface area contributed by atoms with Gasteiger partial charge in [0.1, 0.15) is 0 Å². The number of carbonyl (C=O) groups is 2. The molecule has 0 spiro atoms. The van der Waals surface area contributed by atoms with Gasteiger partial charge in [0.15, 0.2) is 0 Å². The van der Waals surface area contributed by atoms with E-state index in [1.54, 1.807) is 42.5 Å². The average Bonchev–Trinajstić information content (AvgIpc) is 2.73. The lowest BCUT2D eigenvalue weighted by Crippen LogP contribution is -2.40. The first-order valence-electron chi connectivity index (χ1n) is 10.2. The van der Waals surface area contributed by atoms with E-state index in [0.29, 0.717) is 28.2 Å². The number of amides is 2. The molecule has 3 aromatic rings. The van der Waals surface area contributed by atoms with Gasteiger partial charge in [-0.2, -0.15) is 0 Å².